The Balaban J connectivity index is 2.41. The molecule has 1 unspecified atom stereocenters. The van der Waals surface area contributed by atoms with E-state index in [2.05, 4.69) is 0 Å². The van der Waals surface area contributed by atoms with Gasteiger partial charge in [0.05, 0.1) is 0 Å². The third-order valence-corrected chi connectivity index (χ3v) is 2.32. The van der Waals surface area contributed by atoms with Crippen LogP contribution in [0.3, 0.4) is 0 Å². The van der Waals surface area contributed by atoms with Gasteiger partial charge < -0.3 is 9.42 Å². The zero-order valence-electron chi connectivity index (χ0n) is 7.42. The topological polar surface area (TPSA) is 55.5 Å². The van der Waals surface area contributed by atoms with Crippen LogP contribution in [-0.4, -0.2) is 4.89 Å². The van der Waals surface area contributed by atoms with E-state index in [0.717, 1.165) is 10.8 Å². The molecule has 0 aromatic heterocycles. The lowest BCUT2D eigenvalue weighted by Crippen LogP contribution is -1.94. The quantitative estimate of drug-likeness (QED) is 0.743. The Morgan fingerprint density at radius 1 is 1.07 bits per heavy atom. The highest BCUT2D eigenvalue weighted by molar-refractivity contribution is 7.43. The predicted molar refractivity (Wildman–Crippen MR) is 57.9 cm³/mol. The van der Waals surface area contributed by atoms with E-state index >= 15 is 0 Å². The van der Waals surface area contributed by atoms with Crippen LogP contribution in [0.25, 0.3) is 10.8 Å². The fourth-order valence-electron chi connectivity index (χ4n) is 1.33. The van der Waals surface area contributed by atoms with Gasteiger partial charge in [0.1, 0.15) is 5.75 Å². The number of rotatable bonds is 2. The second-order valence-corrected chi connectivity index (χ2v) is 3.69. The average molecular weight is 207 g/mol. The fourth-order valence-corrected chi connectivity index (χ4v) is 1.66. The molecule has 4 heteroatoms. The summed E-state index contributed by atoms with van der Waals surface area (Å²) in [5.74, 6) is 0.597. The number of fused-ring (bicyclic) bond motifs is 1. The van der Waals surface area contributed by atoms with Crippen molar-refractivity contribution in [1.82, 2.24) is 0 Å². The van der Waals surface area contributed by atoms with Crippen LogP contribution in [-0.2, 0) is 0 Å². The summed E-state index contributed by atoms with van der Waals surface area (Å²) in [6, 6.07) is 13.5. The third kappa shape index (κ3) is 2.02. The van der Waals surface area contributed by atoms with Crippen molar-refractivity contribution in [3.8, 4) is 5.75 Å². The molecule has 0 heterocycles. The van der Waals surface area contributed by atoms with Gasteiger partial charge in [-0.05, 0) is 22.9 Å². The monoisotopic (exact) mass is 207 g/mol. The van der Waals surface area contributed by atoms with Crippen LogP contribution in [0.2, 0.25) is 0 Å². The minimum absolute atomic E-state index is 0.597. The maximum atomic E-state index is 8.90. The minimum atomic E-state index is -1.83. The van der Waals surface area contributed by atoms with Crippen LogP contribution in [0.1, 0.15) is 0 Å². The lowest BCUT2D eigenvalue weighted by Gasteiger charge is -2.07. The molecule has 0 amide bonds. The van der Waals surface area contributed by atoms with Gasteiger partial charge >= 0.3 is 8.53 Å². The third-order valence-electron chi connectivity index (χ3n) is 1.92. The van der Waals surface area contributed by atoms with Gasteiger partial charge in [-0.15, -0.1) is 0 Å². The zero-order chi connectivity index (χ0) is 9.97. The van der Waals surface area contributed by atoms with E-state index in [1.165, 1.54) is 0 Å². The lowest BCUT2D eigenvalue weighted by atomic mass is 10.1. The molecule has 0 aliphatic heterocycles. The highest BCUT2D eigenvalue weighted by Gasteiger charge is 2.00. The average Bonchev–Trinajstić information content (AvgIpc) is 2.17. The van der Waals surface area contributed by atoms with Crippen LogP contribution < -0.4 is 10.0 Å². The molecule has 0 bridgehead atoms. The molecule has 2 aromatic carbocycles. The summed E-state index contributed by atoms with van der Waals surface area (Å²) in [6.45, 7) is 0. The first-order chi connectivity index (χ1) is 6.75. The second kappa shape index (κ2) is 3.93. The highest BCUT2D eigenvalue weighted by atomic mass is 31.2. The van der Waals surface area contributed by atoms with Crippen molar-refractivity contribution in [2.75, 3.05) is 0 Å². The van der Waals surface area contributed by atoms with Crippen molar-refractivity contribution in [3.05, 3.63) is 42.5 Å². The number of hydrogen-bond donors (Lipinski definition) is 2. The van der Waals surface area contributed by atoms with Crippen molar-refractivity contribution in [2.24, 2.45) is 5.50 Å². The molecule has 0 spiro atoms. The molecular weight excluding hydrogens is 197 g/mol. The van der Waals surface area contributed by atoms with Gasteiger partial charge in [0.25, 0.3) is 0 Å². The van der Waals surface area contributed by atoms with Crippen molar-refractivity contribution in [1.29, 1.82) is 0 Å². The first-order valence-electron chi connectivity index (χ1n) is 4.16. The summed E-state index contributed by atoms with van der Waals surface area (Å²) in [5.41, 5.74) is 5.17. The summed E-state index contributed by atoms with van der Waals surface area (Å²) in [5, 5.41) is 2.21. The number of nitrogens with two attached hydrogens (primary N) is 1. The summed E-state index contributed by atoms with van der Waals surface area (Å²) < 4.78 is 5.02. The Hall–Kier alpha value is -1.15. The van der Waals surface area contributed by atoms with Gasteiger partial charge in [-0.2, -0.15) is 0 Å². The number of benzene rings is 2. The predicted octanol–water partition coefficient (Wildman–Crippen LogP) is 2.40. The normalized spacial score (nSPS) is 12.7. The first-order valence-corrected chi connectivity index (χ1v) is 5.44. The Bertz CT molecular complexity index is 445. The standard InChI is InChI=1S/C10H10NO2P/c11-14(12)13-10-6-5-8-3-1-2-4-9(8)7-10/h1-7,12H,11H2. The molecule has 0 aliphatic rings. The molecule has 0 saturated carbocycles. The van der Waals surface area contributed by atoms with Crippen LogP contribution >= 0.6 is 8.53 Å². The lowest BCUT2D eigenvalue weighted by molar-refractivity contribution is 0.488. The first kappa shape index (κ1) is 9.41. The maximum absolute atomic E-state index is 8.90. The van der Waals surface area contributed by atoms with Crippen molar-refractivity contribution in [3.63, 3.8) is 0 Å². The fraction of sp³-hybridized carbons (Fsp3) is 0. The molecular formula is C10H10NO2P. The molecule has 2 rings (SSSR count). The Kier molecular flexibility index (Phi) is 2.64. The second-order valence-electron chi connectivity index (χ2n) is 2.90. The van der Waals surface area contributed by atoms with Crippen LogP contribution in [0.5, 0.6) is 5.75 Å². The van der Waals surface area contributed by atoms with Crippen molar-refractivity contribution < 1.29 is 9.42 Å². The van der Waals surface area contributed by atoms with E-state index in [1.807, 2.05) is 36.4 Å². The zero-order valence-corrected chi connectivity index (χ0v) is 8.32. The summed E-state index contributed by atoms with van der Waals surface area (Å²) >= 11 is 0. The molecule has 72 valence electrons. The van der Waals surface area contributed by atoms with Gasteiger partial charge in [0.15, 0.2) is 0 Å². The summed E-state index contributed by atoms with van der Waals surface area (Å²) in [6.07, 6.45) is 0. The molecule has 1 atom stereocenters. The van der Waals surface area contributed by atoms with Gasteiger partial charge in [-0.3, -0.25) is 5.50 Å². The van der Waals surface area contributed by atoms with E-state index in [0.29, 0.717) is 5.75 Å². The van der Waals surface area contributed by atoms with Gasteiger partial charge in [0, 0.05) is 0 Å². The Morgan fingerprint density at radius 2 is 1.79 bits per heavy atom. The molecule has 0 radical (unpaired) electrons. The van der Waals surface area contributed by atoms with Crippen LogP contribution in [0.15, 0.2) is 42.5 Å². The van der Waals surface area contributed by atoms with Gasteiger partial charge in [0.2, 0.25) is 0 Å². The molecule has 0 saturated heterocycles. The smallest absolute Gasteiger partial charge is 0.312 e. The van der Waals surface area contributed by atoms with Gasteiger partial charge in [-0.25, -0.2) is 0 Å². The molecule has 0 fully saturated rings. The molecule has 3 N–H and O–H groups in total. The van der Waals surface area contributed by atoms with Gasteiger partial charge in [-0.1, -0.05) is 30.3 Å². The number of hydrogen-bond acceptors (Lipinski definition) is 3. The molecule has 2 aromatic rings. The maximum Gasteiger partial charge on any atom is 0.312 e. The van der Waals surface area contributed by atoms with E-state index in [-0.39, 0.29) is 0 Å². The molecule has 14 heavy (non-hydrogen) atoms. The summed E-state index contributed by atoms with van der Waals surface area (Å²) in [4.78, 5) is 8.90. The largest absolute Gasteiger partial charge is 0.436 e. The summed E-state index contributed by atoms with van der Waals surface area (Å²) in [7, 11) is -1.83. The van der Waals surface area contributed by atoms with E-state index in [1.54, 1.807) is 6.07 Å². The van der Waals surface area contributed by atoms with E-state index < -0.39 is 8.53 Å². The van der Waals surface area contributed by atoms with Crippen LogP contribution in [0, 0.1) is 0 Å². The van der Waals surface area contributed by atoms with E-state index in [9.17, 15) is 0 Å². The Morgan fingerprint density at radius 3 is 2.50 bits per heavy atom. The van der Waals surface area contributed by atoms with E-state index in [4.69, 9.17) is 14.9 Å². The SMILES string of the molecule is NP(O)Oc1ccc2ccccc2c1. The minimum Gasteiger partial charge on any atom is -0.436 e. The van der Waals surface area contributed by atoms with Crippen LogP contribution in [0.4, 0.5) is 0 Å². The molecule has 0 aliphatic carbocycles. The highest BCUT2D eigenvalue weighted by Crippen LogP contribution is 2.28. The Labute approximate surface area is 83.1 Å². The van der Waals surface area contributed by atoms with Crippen molar-refractivity contribution in [2.45, 2.75) is 0 Å². The van der Waals surface area contributed by atoms with Crippen molar-refractivity contribution >= 4 is 19.3 Å². The molecule has 3 nitrogen and oxygen atoms in total.